The maximum atomic E-state index is 13.9. The molecule has 2 amide bonds. The van der Waals surface area contributed by atoms with Crippen LogP contribution in [0.3, 0.4) is 0 Å². The number of nitrogens with one attached hydrogen (secondary N) is 3. The van der Waals surface area contributed by atoms with Crippen molar-refractivity contribution < 1.29 is 14.3 Å². The third kappa shape index (κ3) is 9.43. The summed E-state index contributed by atoms with van der Waals surface area (Å²) in [6.45, 7) is 5.19. The van der Waals surface area contributed by atoms with Gasteiger partial charge in [-0.3, -0.25) is 9.59 Å². The summed E-state index contributed by atoms with van der Waals surface area (Å²) in [6.07, 6.45) is 3.02. The minimum atomic E-state index is -0.661. The van der Waals surface area contributed by atoms with Crippen molar-refractivity contribution in [1.29, 1.82) is 0 Å². The van der Waals surface area contributed by atoms with Gasteiger partial charge in [-0.05, 0) is 60.3 Å². The third-order valence-electron chi connectivity index (χ3n) is 8.69. The summed E-state index contributed by atoms with van der Waals surface area (Å²) in [6, 6.07) is 23.1. The number of amides is 2. The summed E-state index contributed by atoms with van der Waals surface area (Å²) in [5.74, 6) is 0.704. The van der Waals surface area contributed by atoms with Crippen molar-refractivity contribution >= 4 is 66.3 Å². The van der Waals surface area contributed by atoms with E-state index < -0.39 is 6.04 Å². The molecule has 3 N–H and O–H groups in total. The van der Waals surface area contributed by atoms with Gasteiger partial charge in [-0.15, -0.1) is 37.2 Å². The van der Waals surface area contributed by atoms with Crippen molar-refractivity contribution in [2.24, 2.45) is 0 Å². The van der Waals surface area contributed by atoms with E-state index in [1.165, 1.54) is 5.56 Å². The normalized spacial score (nSPS) is 19.4. The Kier molecular flexibility index (Phi) is 14.8. The molecule has 8 nitrogen and oxygen atoms in total. The van der Waals surface area contributed by atoms with Gasteiger partial charge in [0.1, 0.15) is 17.9 Å². The molecular weight excluding hydrogens is 668 g/mol. The molecule has 250 valence electrons. The molecule has 0 aromatic heterocycles. The number of para-hydroxylation sites is 2. The van der Waals surface area contributed by atoms with Crippen LogP contribution in [0.5, 0.6) is 5.75 Å². The summed E-state index contributed by atoms with van der Waals surface area (Å²) in [5, 5.41) is 10.6. The monoisotopic (exact) mass is 709 g/mol. The Bertz CT molecular complexity index is 1420. The van der Waals surface area contributed by atoms with Gasteiger partial charge in [0.15, 0.2) is 0 Å². The van der Waals surface area contributed by atoms with Crippen LogP contribution in [0.25, 0.3) is 0 Å². The molecule has 3 heterocycles. The Morgan fingerprint density at radius 1 is 0.935 bits per heavy atom. The molecule has 3 aliphatic rings. The molecule has 0 bridgehead atoms. The van der Waals surface area contributed by atoms with Gasteiger partial charge in [-0.2, -0.15) is 0 Å². The van der Waals surface area contributed by atoms with E-state index >= 15 is 0 Å². The zero-order chi connectivity index (χ0) is 29.6. The molecule has 0 radical (unpaired) electrons. The number of hydrogen-bond donors (Lipinski definition) is 3. The first-order valence-corrected chi connectivity index (χ1v) is 15.8. The molecule has 46 heavy (non-hydrogen) atoms. The van der Waals surface area contributed by atoms with Gasteiger partial charge in [-0.25, -0.2) is 0 Å². The van der Waals surface area contributed by atoms with Gasteiger partial charge < -0.3 is 30.5 Å². The molecule has 2 saturated heterocycles. The van der Waals surface area contributed by atoms with Crippen LogP contribution >= 0.6 is 48.8 Å². The predicted octanol–water partition coefficient (Wildman–Crippen LogP) is 5.35. The highest BCUT2D eigenvalue weighted by Gasteiger charge is 2.31. The van der Waals surface area contributed by atoms with E-state index in [9.17, 15) is 9.59 Å². The van der Waals surface area contributed by atoms with E-state index in [1.807, 2.05) is 59.5 Å². The van der Waals surface area contributed by atoms with E-state index in [0.29, 0.717) is 37.6 Å². The van der Waals surface area contributed by atoms with Crippen molar-refractivity contribution in [3.8, 4) is 5.75 Å². The number of ether oxygens (including phenoxy) is 1. The summed E-state index contributed by atoms with van der Waals surface area (Å²) < 4.78 is 6.40. The standard InChI is InChI=1S/C34H40ClN5O3.3ClH/c35-26-13-11-24(12-14-26)20-30(38-33(41)21-29-28-8-2-1-6-25(28)22-37-29)34(42)40-18-16-39(17-19-40)31-9-3-4-10-32(31)43-27-7-5-15-36-23-27;;;/h1-4,6,8-14,27,29-30,36-37H,5,7,15-23H2,(H,38,41);3*1H/t27-,29?,30?;;;/m1.../s1. The van der Waals surface area contributed by atoms with Crippen molar-refractivity contribution in [3.63, 3.8) is 0 Å². The van der Waals surface area contributed by atoms with Gasteiger partial charge in [0, 0.05) is 63.2 Å². The molecule has 2 unspecified atom stereocenters. The van der Waals surface area contributed by atoms with Crippen LogP contribution < -0.4 is 25.6 Å². The summed E-state index contributed by atoms with van der Waals surface area (Å²) in [4.78, 5) is 31.4. The summed E-state index contributed by atoms with van der Waals surface area (Å²) in [7, 11) is 0. The number of piperidine rings is 1. The Balaban J connectivity index is 0.00000192. The summed E-state index contributed by atoms with van der Waals surface area (Å²) >= 11 is 6.11. The van der Waals surface area contributed by atoms with Crippen LogP contribution in [0.15, 0.2) is 72.8 Å². The molecule has 3 aliphatic heterocycles. The van der Waals surface area contributed by atoms with Crippen molar-refractivity contribution in [2.45, 2.75) is 50.4 Å². The number of fused-ring (bicyclic) bond motifs is 1. The maximum Gasteiger partial charge on any atom is 0.245 e. The van der Waals surface area contributed by atoms with Crippen LogP contribution in [0, 0.1) is 0 Å². The number of piperazine rings is 1. The molecule has 0 saturated carbocycles. The van der Waals surface area contributed by atoms with Crippen molar-refractivity contribution in [3.05, 3.63) is 94.5 Å². The Morgan fingerprint density at radius 2 is 1.65 bits per heavy atom. The average Bonchev–Trinajstić information content (AvgIpc) is 3.45. The largest absolute Gasteiger partial charge is 0.487 e. The van der Waals surface area contributed by atoms with Gasteiger partial charge in [0.05, 0.1) is 5.69 Å². The van der Waals surface area contributed by atoms with Crippen LogP contribution in [0.1, 0.15) is 42.0 Å². The first-order valence-electron chi connectivity index (χ1n) is 15.4. The molecule has 12 heteroatoms. The minimum Gasteiger partial charge on any atom is -0.487 e. The number of anilines is 1. The first-order chi connectivity index (χ1) is 21.0. The number of hydrogen-bond acceptors (Lipinski definition) is 6. The lowest BCUT2D eigenvalue weighted by atomic mass is 10.0. The maximum absolute atomic E-state index is 13.9. The van der Waals surface area contributed by atoms with E-state index in [4.69, 9.17) is 16.3 Å². The number of carbonyl (C=O) groups excluding carboxylic acids is 2. The fourth-order valence-electron chi connectivity index (χ4n) is 6.36. The quantitative estimate of drug-likeness (QED) is 0.278. The lowest BCUT2D eigenvalue weighted by Gasteiger charge is -2.38. The number of nitrogens with zero attached hydrogens (tertiary/aromatic N) is 2. The SMILES string of the molecule is Cl.Cl.Cl.O=C(CC1NCc2ccccc21)NC(Cc1ccc(Cl)cc1)C(=O)N1CCN(c2ccccc2O[C@@H]2CCCNC2)CC1. The average molecular weight is 712 g/mol. The second-order valence-corrected chi connectivity index (χ2v) is 12.1. The number of rotatable bonds is 9. The van der Waals surface area contributed by atoms with Crippen LogP contribution in [-0.4, -0.2) is 68.1 Å². The number of benzene rings is 3. The molecule has 0 aliphatic carbocycles. The smallest absolute Gasteiger partial charge is 0.245 e. The van der Waals surface area contributed by atoms with Crippen LogP contribution in [-0.2, 0) is 22.6 Å². The lowest BCUT2D eigenvalue weighted by molar-refractivity contribution is -0.136. The van der Waals surface area contributed by atoms with E-state index in [-0.39, 0.29) is 67.6 Å². The predicted molar refractivity (Wildman–Crippen MR) is 191 cm³/mol. The zero-order valence-corrected chi connectivity index (χ0v) is 28.9. The Hall–Kier alpha value is -2.72. The van der Waals surface area contributed by atoms with Gasteiger partial charge >= 0.3 is 0 Å². The Morgan fingerprint density at radius 3 is 2.39 bits per heavy atom. The van der Waals surface area contributed by atoms with E-state index in [2.05, 4.69) is 39.0 Å². The highest BCUT2D eigenvalue weighted by Crippen LogP contribution is 2.31. The fourth-order valence-corrected chi connectivity index (χ4v) is 6.49. The van der Waals surface area contributed by atoms with Crippen molar-refractivity contribution in [2.75, 3.05) is 44.2 Å². The second kappa shape index (κ2) is 18.0. The van der Waals surface area contributed by atoms with Crippen LogP contribution in [0.4, 0.5) is 5.69 Å². The molecule has 3 aromatic rings. The molecule has 2 fully saturated rings. The number of halogens is 4. The minimum absolute atomic E-state index is 0. The first kappa shape index (κ1) is 37.7. The topological polar surface area (TPSA) is 85.9 Å². The second-order valence-electron chi connectivity index (χ2n) is 11.7. The number of carbonyl (C=O) groups is 2. The molecule has 0 spiro atoms. The zero-order valence-electron chi connectivity index (χ0n) is 25.7. The van der Waals surface area contributed by atoms with Gasteiger partial charge in [-0.1, -0.05) is 60.1 Å². The van der Waals surface area contributed by atoms with E-state index in [1.54, 1.807) is 0 Å². The Labute approximate surface area is 295 Å². The highest BCUT2D eigenvalue weighted by molar-refractivity contribution is 6.30. The fraction of sp³-hybridized carbons (Fsp3) is 0.412. The third-order valence-corrected chi connectivity index (χ3v) is 8.94. The highest BCUT2D eigenvalue weighted by atomic mass is 35.5. The molecule has 3 atom stereocenters. The molecular formula is C34H43Cl4N5O3. The molecule has 6 rings (SSSR count). The summed E-state index contributed by atoms with van der Waals surface area (Å²) in [5.41, 5.74) is 4.39. The lowest BCUT2D eigenvalue weighted by Crippen LogP contribution is -2.55. The van der Waals surface area contributed by atoms with Crippen LogP contribution in [0.2, 0.25) is 5.02 Å². The van der Waals surface area contributed by atoms with Gasteiger partial charge in [0.25, 0.3) is 0 Å². The van der Waals surface area contributed by atoms with Crippen molar-refractivity contribution in [1.82, 2.24) is 20.9 Å². The van der Waals surface area contributed by atoms with E-state index in [0.717, 1.165) is 55.0 Å². The van der Waals surface area contributed by atoms with Gasteiger partial charge in [0.2, 0.25) is 11.8 Å². The molecule has 3 aromatic carbocycles.